The van der Waals surface area contributed by atoms with E-state index in [1.165, 1.54) is 30.5 Å². The topological polar surface area (TPSA) is 86.1 Å². The summed E-state index contributed by atoms with van der Waals surface area (Å²) in [4.78, 5) is 31.1. The molecular weight excluding hydrogens is 409 g/mol. The van der Waals surface area contributed by atoms with Gasteiger partial charge < -0.3 is 10.2 Å². The Kier molecular flexibility index (Phi) is 4.26. The number of amides is 2. The summed E-state index contributed by atoms with van der Waals surface area (Å²) < 4.78 is 40.6. The molecule has 0 spiro atoms. The summed E-state index contributed by atoms with van der Waals surface area (Å²) in [6, 6.07) is 7.48. The van der Waals surface area contributed by atoms with Crippen LogP contribution in [-0.2, 0) is 10.2 Å². The Morgan fingerprint density at radius 3 is 2.71 bits per heavy atom. The fourth-order valence-corrected chi connectivity index (χ4v) is 4.78. The number of benzene rings is 1. The van der Waals surface area contributed by atoms with Gasteiger partial charge in [-0.25, -0.2) is 0 Å². The molecule has 2 amide bonds. The molecule has 5 rings (SSSR count). The second kappa shape index (κ2) is 6.67. The number of nitrogens with zero attached hydrogens (tertiary/aromatic N) is 3. The second-order valence-corrected chi connectivity index (χ2v) is 8.60. The Labute approximate surface area is 176 Å². The Bertz CT molecular complexity index is 1140. The molecule has 31 heavy (non-hydrogen) atoms. The van der Waals surface area contributed by atoms with E-state index in [0.717, 1.165) is 6.42 Å². The Balaban J connectivity index is 1.37. The highest BCUT2D eigenvalue weighted by molar-refractivity contribution is 6.07. The Morgan fingerprint density at radius 2 is 2.03 bits per heavy atom. The van der Waals surface area contributed by atoms with E-state index in [1.807, 2.05) is 0 Å². The van der Waals surface area contributed by atoms with Gasteiger partial charge in [-0.15, -0.1) is 0 Å². The molecule has 160 valence electrons. The number of hydrogen-bond acceptors (Lipinski definition) is 4. The van der Waals surface area contributed by atoms with Crippen LogP contribution in [0.1, 0.15) is 41.6 Å². The molecule has 3 fully saturated rings. The van der Waals surface area contributed by atoms with Crippen LogP contribution in [0.2, 0.25) is 0 Å². The van der Waals surface area contributed by atoms with Crippen LogP contribution in [0.15, 0.2) is 30.5 Å². The smallest absolute Gasteiger partial charge is 0.343 e. The number of fused-ring (bicyclic) bond motifs is 2. The van der Waals surface area contributed by atoms with Crippen LogP contribution >= 0.6 is 0 Å². The number of aromatic nitrogens is 1. The van der Waals surface area contributed by atoms with Crippen LogP contribution < -0.4 is 5.32 Å². The van der Waals surface area contributed by atoms with E-state index < -0.39 is 23.5 Å². The number of pyridine rings is 1. The normalized spacial score (nSPS) is 25.6. The molecule has 2 saturated carbocycles. The molecule has 0 unspecified atom stereocenters. The molecule has 3 atom stereocenters. The quantitative estimate of drug-likeness (QED) is 0.811. The zero-order chi connectivity index (χ0) is 22.0. The van der Waals surface area contributed by atoms with Gasteiger partial charge in [0.05, 0.1) is 29.1 Å². The third-order valence-corrected chi connectivity index (χ3v) is 6.77. The Hall–Kier alpha value is -3.15. The fourth-order valence-electron chi connectivity index (χ4n) is 4.78. The van der Waals surface area contributed by atoms with Crippen molar-refractivity contribution in [2.75, 3.05) is 6.54 Å². The average molecular weight is 428 g/mol. The molecule has 0 radical (unpaired) electrons. The van der Waals surface area contributed by atoms with Crippen molar-refractivity contribution in [2.24, 2.45) is 5.92 Å². The van der Waals surface area contributed by atoms with Crippen molar-refractivity contribution in [3.8, 4) is 6.07 Å². The number of alkyl halides is 3. The third-order valence-electron chi connectivity index (χ3n) is 6.77. The van der Waals surface area contributed by atoms with Gasteiger partial charge in [0, 0.05) is 17.6 Å². The number of hydrogen-bond donors (Lipinski definition) is 1. The molecule has 1 aromatic carbocycles. The van der Waals surface area contributed by atoms with Gasteiger partial charge in [0.1, 0.15) is 6.04 Å². The van der Waals surface area contributed by atoms with Crippen LogP contribution in [0.5, 0.6) is 0 Å². The number of halogens is 3. The predicted octanol–water partition coefficient (Wildman–Crippen LogP) is 3.07. The van der Waals surface area contributed by atoms with Crippen LogP contribution in [-0.4, -0.2) is 46.5 Å². The zero-order valence-corrected chi connectivity index (χ0v) is 16.4. The summed E-state index contributed by atoms with van der Waals surface area (Å²) in [7, 11) is 0. The van der Waals surface area contributed by atoms with E-state index >= 15 is 0 Å². The molecule has 2 aromatic rings. The van der Waals surface area contributed by atoms with Crippen molar-refractivity contribution in [1.29, 1.82) is 5.26 Å². The van der Waals surface area contributed by atoms with Gasteiger partial charge in [0.2, 0.25) is 5.91 Å². The summed E-state index contributed by atoms with van der Waals surface area (Å²) in [6.07, 6.45) is -1.34. The summed E-state index contributed by atoms with van der Waals surface area (Å²) in [5, 5.41) is 12.1. The van der Waals surface area contributed by atoms with E-state index in [9.17, 15) is 28.0 Å². The maximum Gasteiger partial charge on any atom is 0.398 e. The summed E-state index contributed by atoms with van der Waals surface area (Å²) >= 11 is 0. The molecule has 6 nitrogen and oxygen atoms in total. The highest BCUT2D eigenvalue weighted by Gasteiger charge is 2.64. The van der Waals surface area contributed by atoms with Gasteiger partial charge >= 0.3 is 6.18 Å². The number of piperidine rings is 1. The lowest BCUT2D eigenvalue weighted by molar-refractivity contribution is -0.160. The number of nitriles is 1. The minimum Gasteiger partial charge on any atom is -0.343 e. The first-order chi connectivity index (χ1) is 14.7. The van der Waals surface area contributed by atoms with Crippen molar-refractivity contribution in [1.82, 2.24) is 15.2 Å². The van der Waals surface area contributed by atoms with Crippen molar-refractivity contribution < 1.29 is 22.8 Å². The van der Waals surface area contributed by atoms with Gasteiger partial charge in [0.25, 0.3) is 5.91 Å². The molecule has 1 aromatic heterocycles. The van der Waals surface area contributed by atoms with E-state index in [4.69, 9.17) is 0 Å². The van der Waals surface area contributed by atoms with Crippen molar-refractivity contribution in [3.05, 3.63) is 41.6 Å². The first kappa shape index (κ1) is 19.8. The number of nitrogens with one attached hydrogen (secondary N) is 1. The molecule has 9 heteroatoms. The molecule has 1 N–H and O–H groups in total. The average Bonchev–Trinajstić information content (AvgIpc) is 3.67. The number of carbonyl (C=O) groups excluding carboxylic acids is 2. The maximum absolute atomic E-state index is 13.5. The highest BCUT2D eigenvalue weighted by Crippen LogP contribution is 2.59. The predicted molar refractivity (Wildman–Crippen MR) is 104 cm³/mol. The van der Waals surface area contributed by atoms with Gasteiger partial charge in [-0.2, -0.15) is 18.4 Å². The summed E-state index contributed by atoms with van der Waals surface area (Å²) in [5.41, 5.74) is -1.16. The molecule has 2 heterocycles. The minimum absolute atomic E-state index is 0.0242. The van der Waals surface area contributed by atoms with E-state index in [2.05, 4.69) is 16.4 Å². The SMILES string of the molecule is N#C[C@@H]1C[C@@H]2C[C@@H]2N1C(=O)CNC(=O)c1ccnc2ccc(C3(C(F)(F)F)CC3)cc12. The van der Waals surface area contributed by atoms with E-state index in [0.29, 0.717) is 23.2 Å². The van der Waals surface area contributed by atoms with Crippen molar-refractivity contribution >= 4 is 22.7 Å². The van der Waals surface area contributed by atoms with Gasteiger partial charge in [-0.1, -0.05) is 6.07 Å². The molecule has 2 aliphatic carbocycles. The molecule has 1 aliphatic heterocycles. The molecule has 0 bridgehead atoms. The molecule has 3 aliphatic rings. The van der Waals surface area contributed by atoms with Crippen LogP contribution in [0, 0.1) is 17.2 Å². The van der Waals surface area contributed by atoms with Crippen LogP contribution in [0.4, 0.5) is 13.2 Å². The van der Waals surface area contributed by atoms with E-state index in [1.54, 1.807) is 4.90 Å². The molecule has 1 saturated heterocycles. The first-order valence-electron chi connectivity index (χ1n) is 10.2. The number of likely N-dealkylation sites (tertiary alicyclic amines) is 1. The summed E-state index contributed by atoms with van der Waals surface area (Å²) in [5.74, 6) is -0.511. The first-order valence-corrected chi connectivity index (χ1v) is 10.2. The minimum atomic E-state index is -4.36. The lowest BCUT2D eigenvalue weighted by atomic mass is 9.93. The van der Waals surface area contributed by atoms with Gasteiger partial charge in [0.15, 0.2) is 0 Å². The van der Waals surface area contributed by atoms with Gasteiger partial charge in [-0.05, 0) is 55.4 Å². The monoisotopic (exact) mass is 428 g/mol. The van der Waals surface area contributed by atoms with Crippen molar-refractivity contribution in [2.45, 2.75) is 49.4 Å². The number of rotatable bonds is 4. The zero-order valence-electron chi connectivity index (χ0n) is 16.4. The second-order valence-electron chi connectivity index (χ2n) is 8.60. The third kappa shape index (κ3) is 3.12. The van der Waals surface area contributed by atoms with Crippen LogP contribution in [0.3, 0.4) is 0 Å². The van der Waals surface area contributed by atoms with Gasteiger partial charge in [-0.3, -0.25) is 14.6 Å². The largest absolute Gasteiger partial charge is 0.398 e. The molecular formula is C22H19F3N4O2. The number of carbonyl (C=O) groups is 2. The standard InChI is InChI=1S/C22H19F3N4O2/c23-22(24,25)21(4-5-21)13-1-2-17-16(9-13)15(3-6-27-17)20(31)28-11-19(30)29-14(10-26)7-12-8-18(12)29/h1-3,6,9,12,14,18H,4-5,7-8,11H2,(H,28,31)/t12-,14+,18+/m1/s1. The van der Waals surface area contributed by atoms with Crippen molar-refractivity contribution in [3.63, 3.8) is 0 Å². The van der Waals surface area contributed by atoms with Crippen LogP contribution in [0.25, 0.3) is 10.9 Å². The lowest BCUT2D eigenvalue weighted by Crippen LogP contribution is -2.44. The lowest BCUT2D eigenvalue weighted by Gasteiger charge is -2.23. The highest BCUT2D eigenvalue weighted by atomic mass is 19.4. The van der Waals surface area contributed by atoms with E-state index in [-0.39, 0.29) is 42.5 Å². The summed E-state index contributed by atoms with van der Waals surface area (Å²) in [6.45, 7) is -0.268. The Morgan fingerprint density at radius 1 is 1.26 bits per heavy atom. The maximum atomic E-state index is 13.5. The fraction of sp³-hybridized carbons (Fsp3) is 0.455.